The molecule has 2 N–H and O–H groups in total. The Morgan fingerprint density at radius 1 is 1.10 bits per heavy atom. The maximum absolute atomic E-state index is 6.47. The van der Waals surface area contributed by atoms with E-state index in [1.807, 2.05) is 19.1 Å². The van der Waals surface area contributed by atoms with Crippen molar-refractivity contribution < 1.29 is 9.47 Å². The van der Waals surface area contributed by atoms with Crippen LogP contribution in [0.25, 0.3) is 0 Å². The SMILES string of the molecule is CCc1n[nH]c(=S)n1NCc1cc(OC)c(OCc2ccc(Cl)c(Cl)c2)cc1Cl. The molecule has 154 valence electrons. The molecule has 0 unspecified atom stereocenters. The highest BCUT2D eigenvalue weighted by Gasteiger charge is 2.12. The third-order valence-corrected chi connectivity index (χ3v) is 5.56. The second kappa shape index (κ2) is 9.71. The summed E-state index contributed by atoms with van der Waals surface area (Å²) in [5, 5.41) is 8.45. The first kappa shape index (κ1) is 21.8. The van der Waals surface area contributed by atoms with Gasteiger partial charge in [-0.2, -0.15) is 5.10 Å². The van der Waals surface area contributed by atoms with Crippen LogP contribution in [-0.4, -0.2) is 22.0 Å². The van der Waals surface area contributed by atoms with E-state index in [2.05, 4.69) is 15.6 Å². The molecule has 0 aliphatic carbocycles. The molecule has 29 heavy (non-hydrogen) atoms. The van der Waals surface area contributed by atoms with E-state index in [1.165, 1.54) is 0 Å². The molecule has 1 aromatic heterocycles. The molecule has 10 heteroatoms. The smallest absolute Gasteiger partial charge is 0.214 e. The van der Waals surface area contributed by atoms with Gasteiger partial charge in [-0.1, -0.05) is 47.8 Å². The van der Waals surface area contributed by atoms with Gasteiger partial charge >= 0.3 is 0 Å². The highest BCUT2D eigenvalue weighted by molar-refractivity contribution is 7.71. The van der Waals surface area contributed by atoms with Gasteiger partial charge in [0, 0.05) is 17.5 Å². The molecule has 0 amide bonds. The van der Waals surface area contributed by atoms with E-state index in [4.69, 9.17) is 56.5 Å². The molecule has 3 rings (SSSR count). The predicted octanol–water partition coefficient (Wildman–Crippen LogP) is 5.79. The second-order valence-corrected chi connectivity index (χ2v) is 7.71. The molecular formula is C19H19Cl3N4O2S. The summed E-state index contributed by atoms with van der Waals surface area (Å²) < 4.78 is 13.6. The zero-order valence-corrected chi connectivity index (χ0v) is 18.8. The van der Waals surface area contributed by atoms with Gasteiger partial charge in [0.1, 0.15) is 6.61 Å². The highest BCUT2D eigenvalue weighted by atomic mass is 35.5. The van der Waals surface area contributed by atoms with E-state index >= 15 is 0 Å². The molecule has 0 saturated carbocycles. The maximum Gasteiger partial charge on any atom is 0.214 e. The van der Waals surface area contributed by atoms with Crippen LogP contribution >= 0.6 is 47.0 Å². The maximum atomic E-state index is 6.47. The van der Waals surface area contributed by atoms with Crippen molar-refractivity contribution in [3.63, 3.8) is 0 Å². The zero-order chi connectivity index (χ0) is 21.0. The lowest BCUT2D eigenvalue weighted by Crippen LogP contribution is -2.17. The van der Waals surface area contributed by atoms with Gasteiger partial charge in [-0.15, -0.1) is 0 Å². The average molecular weight is 474 g/mol. The third kappa shape index (κ3) is 5.17. The normalized spacial score (nSPS) is 10.8. The Morgan fingerprint density at radius 3 is 2.59 bits per heavy atom. The summed E-state index contributed by atoms with van der Waals surface area (Å²) >= 11 is 23.7. The molecule has 2 aromatic carbocycles. The van der Waals surface area contributed by atoms with Gasteiger partial charge < -0.3 is 14.9 Å². The van der Waals surface area contributed by atoms with E-state index in [1.54, 1.807) is 30.0 Å². The Hall–Kier alpha value is -1.93. The number of aromatic nitrogens is 3. The first-order valence-corrected chi connectivity index (χ1v) is 10.3. The van der Waals surface area contributed by atoms with Crippen LogP contribution in [0.3, 0.4) is 0 Å². The minimum Gasteiger partial charge on any atom is -0.493 e. The van der Waals surface area contributed by atoms with E-state index < -0.39 is 0 Å². The van der Waals surface area contributed by atoms with Crippen molar-refractivity contribution in [1.29, 1.82) is 0 Å². The fraction of sp³-hybridized carbons (Fsp3) is 0.263. The summed E-state index contributed by atoms with van der Waals surface area (Å²) in [7, 11) is 1.58. The summed E-state index contributed by atoms with van der Waals surface area (Å²) in [6.07, 6.45) is 0.735. The minimum absolute atomic E-state index is 0.297. The summed E-state index contributed by atoms with van der Waals surface area (Å²) in [4.78, 5) is 0. The lowest BCUT2D eigenvalue weighted by atomic mass is 10.2. The van der Waals surface area contributed by atoms with Gasteiger partial charge in [0.15, 0.2) is 17.3 Å². The highest BCUT2D eigenvalue weighted by Crippen LogP contribution is 2.34. The monoisotopic (exact) mass is 472 g/mol. The molecule has 0 spiro atoms. The van der Waals surface area contributed by atoms with Crippen molar-refractivity contribution in [3.8, 4) is 11.5 Å². The molecule has 0 aliphatic rings. The number of hydrogen-bond donors (Lipinski definition) is 2. The van der Waals surface area contributed by atoms with Crippen molar-refractivity contribution >= 4 is 47.0 Å². The fourth-order valence-electron chi connectivity index (χ4n) is 2.67. The Balaban J connectivity index is 1.75. The number of ether oxygens (including phenoxy) is 2. The number of H-pyrrole nitrogens is 1. The number of hydrogen-bond acceptors (Lipinski definition) is 5. The molecule has 6 nitrogen and oxygen atoms in total. The van der Waals surface area contributed by atoms with Crippen LogP contribution in [0.4, 0.5) is 0 Å². The predicted molar refractivity (Wildman–Crippen MR) is 119 cm³/mol. The van der Waals surface area contributed by atoms with Crippen LogP contribution in [-0.2, 0) is 19.6 Å². The Bertz CT molecular complexity index is 1070. The number of benzene rings is 2. The Kier molecular flexibility index (Phi) is 7.29. The first-order valence-electron chi connectivity index (χ1n) is 8.76. The van der Waals surface area contributed by atoms with E-state index in [0.29, 0.717) is 44.5 Å². The van der Waals surface area contributed by atoms with Crippen molar-refractivity contribution in [2.45, 2.75) is 26.5 Å². The summed E-state index contributed by atoms with van der Waals surface area (Å²) in [6.45, 7) is 2.73. The minimum atomic E-state index is 0.297. The number of methoxy groups -OCH3 is 1. The Labute approximate surface area is 188 Å². The van der Waals surface area contributed by atoms with Crippen LogP contribution in [0.2, 0.25) is 15.1 Å². The Morgan fingerprint density at radius 2 is 1.90 bits per heavy atom. The lowest BCUT2D eigenvalue weighted by Gasteiger charge is -2.15. The van der Waals surface area contributed by atoms with Crippen molar-refractivity contribution in [2.75, 3.05) is 12.5 Å². The zero-order valence-electron chi connectivity index (χ0n) is 15.8. The third-order valence-electron chi connectivity index (χ3n) is 4.20. The van der Waals surface area contributed by atoms with Crippen molar-refractivity contribution in [3.05, 3.63) is 67.1 Å². The second-order valence-electron chi connectivity index (χ2n) is 6.10. The van der Waals surface area contributed by atoms with Crippen LogP contribution in [0.1, 0.15) is 23.9 Å². The molecule has 0 aliphatic heterocycles. The number of aromatic amines is 1. The van der Waals surface area contributed by atoms with E-state index in [0.717, 1.165) is 23.4 Å². The summed E-state index contributed by atoms with van der Waals surface area (Å²) in [5.74, 6) is 1.90. The quantitative estimate of drug-likeness (QED) is 0.405. The number of aryl methyl sites for hydroxylation is 1. The van der Waals surface area contributed by atoms with Crippen molar-refractivity contribution in [2.24, 2.45) is 0 Å². The van der Waals surface area contributed by atoms with Crippen LogP contribution in [0.15, 0.2) is 30.3 Å². The number of halogens is 3. The average Bonchev–Trinajstić information content (AvgIpc) is 3.07. The molecule has 0 atom stereocenters. The molecule has 0 fully saturated rings. The molecule has 1 heterocycles. The lowest BCUT2D eigenvalue weighted by molar-refractivity contribution is 0.284. The van der Waals surface area contributed by atoms with Crippen LogP contribution in [0.5, 0.6) is 11.5 Å². The number of rotatable bonds is 8. The van der Waals surface area contributed by atoms with Gasteiger partial charge in [-0.3, -0.25) is 5.10 Å². The largest absolute Gasteiger partial charge is 0.493 e. The summed E-state index contributed by atoms with van der Waals surface area (Å²) in [5.41, 5.74) is 4.93. The van der Waals surface area contributed by atoms with Gasteiger partial charge in [0.25, 0.3) is 0 Å². The van der Waals surface area contributed by atoms with E-state index in [9.17, 15) is 0 Å². The number of nitrogens with one attached hydrogen (secondary N) is 2. The molecule has 0 radical (unpaired) electrons. The number of nitrogens with zero attached hydrogens (tertiary/aromatic N) is 2. The van der Waals surface area contributed by atoms with Gasteiger partial charge in [-0.25, -0.2) is 4.68 Å². The fourth-order valence-corrected chi connectivity index (χ4v) is 3.43. The molecule has 0 saturated heterocycles. The molecular weight excluding hydrogens is 455 g/mol. The van der Waals surface area contributed by atoms with Crippen LogP contribution < -0.4 is 14.9 Å². The van der Waals surface area contributed by atoms with Crippen molar-refractivity contribution in [1.82, 2.24) is 14.9 Å². The van der Waals surface area contributed by atoms with Crippen LogP contribution in [0, 0.1) is 4.77 Å². The summed E-state index contributed by atoms with van der Waals surface area (Å²) in [6, 6.07) is 8.89. The topological polar surface area (TPSA) is 64.1 Å². The standard InChI is InChI=1S/C19H19Cl3N4O2S/c1-3-18-24-25-19(29)26(18)23-9-12-7-16(27-2)17(8-14(12)21)28-10-11-4-5-13(20)15(22)6-11/h4-8,23H,3,9-10H2,1-2H3,(H,25,29). The van der Waals surface area contributed by atoms with Gasteiger partial charge in [0.2, 0.25) is 4.77 Å². The molecule has 3 aromatic rings. The first-order chi connectivity index (χ1) is 13.9. The van der Waals surface area contributed by atoms with Gasteiger partial charge in [0.05, 0.1) is 23.7 Å². The van der Waals surface area contributed by atoms with E-state index in [-0.39, 0.29) is 0 Å². The molecule has 0 bridgehead atoms. The van der Waals surface area contributed by atoms with Gasteiger partial charge in [-0.05, 0) is 41.5 Å².